The fourth-order valence-corrected chi connectivity index (χ4v) is 2.56. The summed E-state index contributed by atoms with van der Waals surface area (Å²) in [6.07, 6.45) is 5.38. The summed E-state index contributed by atoms with van der Waals surface area (Å²) < 4.78 is 0. The Morgan fingerprint density at radius 2 is 1.95 bits per heavy atom. The minimum absolute atomic E-state index is 0.0911. The number of fused-ring (bicyclic) bond motifs is 3. The minimum atomic E-state index is -0.0911. The van der Waals surface area contributed by atoms with E-state index in [9.17, 15) is 4.79 Å². The average molecular weight is 261 g/mol. The van der Waals surface area contributed by atoms with Crippen molar-refractivity contribution in [3.63, 3.8) is 0 Å². The quantitative estimate of drug-likeness (QED) is 0.553. The molecule has 2 N–H and O–H groups in total. The Morgan fingerprint density at radius 3 is 2.80 bits per heavy atom. The van der Waals surface area contributed by atoms with E-state index in [1.165, 1.54) is 0 Å². The van der Waals surface area contributed by atoms with Gasteiger partial charge >= 0.3 is 0 Å². The van der Waals surface area contributed by atoms with Crippen molar-refractivity contribution in [1.82, 2.24) is 15.0 Å². The van der Waals surface area contributed by atoms with Crippen LogP contribution in [0.3, 0.4) is 0 Å². The van der Waals surface area contributed by atoms with E-state index in [0.717, 1.165) is 27.4 Å². The van der Waals surface area contributed by atoms with Crippen molar-refractivity contribution in [3.8, 4) is 11.1 Å². The molecule has 3 heterocycles. The van der Waals surface area contributed by atoms with Gasteiger partial charge in [-0.1, -0.05) is 12.1 Å². The van der Waals surface area contributed by atoms with Crippen molar-refractivity contribution in [2.24, 2.45) is 0 Å². The maximum atomic E-state index is 11.9. The summed E-state index contributed by atoms with van der Waals surface area (Å²) in [7, 11) is 0. The van der Waals surface area contributed by atoms with Gasteiger partial charge in [0.15, 0.2) is 0 Å². The van der Waals surface area contributed by atoms with Crippen LogP contribution in [-0.4, -0.2) is 15.0 Å². The van der Waals surface area contributed by atoms with Crippen LogP contribution in [0.5, 0.6) is 0 Å². The number of pyridine rings is 2. The molecule has 0 saturated carbocycles. The maximum Gasteiger partial charge on any atom is 0.272 e. The molecule has 0 bridgehead atoms. The van der Waals surface area contributed by atoms with Crippen LogP contribution in [0.25, 0.3) is 32.9 Å². The number of aromatic nitrogens is 3. The first-order valence-electron chi connectivity index (χ1n) is 6.36. The fraction of sp³-hybridized carbons (Fsp3) is 0. The molecule has 0 atom stereocenters. The first-order valence-corrected chi connectivity index (χ1v) is 6.36. The van der Waals surface area contributed by atoms with E-state index in [1.54, 1.807) is 12.4 Å². The fourth-order valence-electron chi connectivity index (χ4n) is 2.56. The normalized spacial score (nSPS) is 11.2. The highest BCUT2D eigenvalue weighted by molar-refractivity contribution is 6.05. The molecule has 4 heteroatoms. The van der Waals surface area contributed by atoms with Crippen LogP contribution in [0, 0.1) is 0 Å². The standard InChI is InChI=1S/C16H11N3O/c20-16-15-12(5-7-18-15)13-8-10(3-4-14(13)19-16)11-2-1-6-17-9-11/h1-9,18H,(H,19,20). The lowest BCUT2D eigenvalue weighted by atomic mass is 10.0. The molecule has 0 saturated heterocycles. The number of hydrogen-bond donors (Lipinski definition) is 2. The molecular formula is C16H11N3O. The van der Waals surface area contributed by atoms with Crippen LogP contribution in [0.15, 0.2) is 59.8 Å². The highest BCUT2D eigenvalue weighted by Gasteiger charge is 2.07. The minimum Gasteiger partial charge on any atom is -0.357 e. The first-order chi connectivity index (χ1) is 9.83. The number of rotatable bonds is 1. The van der Waals surface area contributed by atoms with E-state index >= 15 is 0 Å². The van der Waals surface area contributed by atoms with Crippen LogP contribution >= 0.6 is 0 Å². The molecule has 0 spiro atoms. The summed E-state index contributed by atoms with van der Waals surface area (Å²) in [4.78, 5) is 21.9. The highest BCUT2D eigenvalue weighted by Crippen LogP contribution is 2.26. The lowest BCUT2D eigenvalue weighted by Gasteiger charge is -2.04. The lowest BCUT2D eigenvalue weighted by molar-refractivity contribution is 1.31. The summed E-state index contributed by atoms with van der Waals surface area (Å²) in [5.41, 5.74) is 3.51. The van der Waals surface area contributed by atoms with Gasteiger partial charge in [0.1, 0.15) is 5.52 Å². The summed E-state index contributed by atoms with van der Waals surface area (Å²) in [5, 5.41) is 1.97. The van der Waals surface area contributed by atoms with E-state index < -0.39 is 0 Å². The molecule has 0 fully saturated rings. The van der Waals surface area contributed by atoms with Crippen molar-refractivity contribution >= 4 is 21.8 Å². The van der Waals surface area contributed by atoms with Crippen molar-refractivity contribution in [2.75, 3.05) is 0 Å². The molecular weight excluding hydrogens is 250 g/mol. The van der Waals surface area contributed by atoms with E-state index in [0.29, 0.717) is 5.52 Å². The molecule has 96 valence electrons. The van der Waals surface area contributed by atoms with Crippen molar-refractivity contribution in [1.29, 1.82) is 0 Å². The van der Waals surface area contributed by atoms with Crippen LogP contribution in [-0.2, 0) is 0 Å². The van der Waals surface area contributed by atoms with Crippen LogP contribution in [0.2, 0.25) is 0 Å². The van der Waals surface area contributed by atoms with Gasteiger partial charge in [0, 0.05) is 40.4 Å². The molecule has 0 radical (unpaired) electrons. The molecule has 1 aromatic carbocycles. The Kier molecular flexibility index (Phi) is 2.23. The smallest absolute Gasteiger partial charge is 0.272 e. The molecule has 4 nitrogen and oxygen atoms in total. The Morgan fingerprint density at radius 1 is 1.00 bits per heavy atom. The Hall–Kier alpha value is -2.88. The molecule has 4 rings (SSSR count). The van der Waals surface area contributed by atoms with Gasteiger partial charge < -0.3 is 9.97 Å². The van der Waals surface area contributed by atoms with Crippen molar-refractivity contribution in [2.45, 2.75) is 0 Å². The van der Waals surface area contributed by atoms with Gasteiger partial charge in [-0.2, -0.15) is 0 Å². The zero-order valence-corrected chi connectivity index (χ0v) is 10.6. The van der Waals surface area contributed by atoms with Gasteiger partial charge in [-0.3, -0.25) is 9.78 Å². The lowest BCUT2D eigenvalue weighted by Crippen LogP contribution is -2.05. The monoisotopic (exact) mass is 261 g/mol. The summed E-state index contributed by atoms with van der Waals surface area (Å²) in [5.74, 6) is 0. The van der Waals surface area contributed by atoms with E-state index in [4.69, 9.17) is 0 Å². The second-order valence-corrected chi connectivity index (χ2v) is 4.72. The van der Waals surface area contributed by atoms with Gasteiger partial charge in [0.25, 0.3) is 5.56 Å². The number of H-pyrrole nitrogens is 2. The maximum absolute atomic E-state index is 11.9. The van der Waals surface area contributed by atoms with E-state index in [1.807, 2.05) is 36.5 Å². The zero-order chi connectivity index (χ0) is 13.5. The van der Waals surface area contributed by atoms with Gasteiger partial charge in [-0.05, 0) is 29.8 Å². The SMILES string of the molecule is O=c1[nH]c2ccc(-c3cccnc3)cc2c2cc[nH]c12. The topological polar surface area (TPSA) is 61.5 Å². The number of nitrogens with one attached hydrogen (secondary N) is 2. The van der Waals surface area contributed by atoms with E-state index in [-0.39, 0.29) is 5.56 Å². The molecule has 20 heavy (non-hydrogen) atoms. The van der Waals surface area contributed by atoms with Gasteiger partial charge in [0.2, 0.25) is 0 Å². The second-order valence-electron chi connectivity index (χ2n) is 4.72. The largest absolute Gasteiger partial charge is 0.357 e. The molecule has 0 amide bonds. The molecule has 0 aliphatic heterocycles. The van der Waals surface area contributed by atoms with Crippen LogP contribution in [0.4, 0.5) is 0 Å². The number of benzene rings is 1. The molecule has 4 aromatic rings. The number of aromatic amines is 2. The molecule has 0 aliphatic carbocycles. The molecule has 0 unspecified atom stereocenters. The third kappa shape index (κ3) is 1.55. The zero-order valence-electron chi connectivity index (χ0n) is 10.6. The predicted molar refractivity (Wildman–Crippen MR) is 79.7 cm³/mol. The summed E-state index contributed by atoms with van der Waals surface area (Å²) in [6.45, 7) is 0. The second kappa shape index (κ2) is 4.06. The average Bonchev–Trinajstić information content (AvgIpc) is 2.98. The summed E-state index contributed by atoms with van der Waals surface area (Å²) in [6, 6.07) is 11.9. The third-order valence-electron chi connectivity index (χ3n) is 3.53. The van der Waals surface area contributed by atoms with Gasteiger partial charge in [0.05, 0.1) is 0 Å². The van der Waals surface area contributed by atoms with Crippen molar-refractivity contribution in [3.05, 3.63) is 65.3 Å². The van der Waals surface area contributed by atoms with E-state index in [2.05, 4.69) is 21.0 Å². The molecule has 0 aliphatic rings. The number of nitrogens with zero attached hydrogens (tertiary/aromatic N) is 1. The van der Waals surface area contributed by atoms with Crippen LogP contribution in [0.1, 0.15) is 0 Å². The van der Waals surface area contributed by atoms with Crippen LogP contribution < -0.4 is 5.56 Å². The Bertz CT molecular complexity index is 967. The van der Waals surface area contributed by atoms with Crippen molar-refractivity contribution < 1.29 is 0 Å². The van der Waals surface area contributed by atoms with Gasteiger partial charge in [-0.15, -0.1) is 0 Å². The molecule has 3 aromatic heterocycles. The predicted octanol–water partition coefficient (Wildman–Crippen LogP) is 3.07. The third-order valence-corrected chi connectivity index (χ3v) is 3.53. The number of hydrogen-bond acceptors (Lipinski definition) is 2. The highest BCUT2D eigenvalue weighted by atomic mass is 16.1. The Labute approximate surface area is 114 Å². The summed E-state index contributed by atoms with van der Waals surface area (Å²) >= 11 is 0. The Balaban J connectivity index is 2.08. The van der Waals surface area contributed by atoms with Gasteiger partial charge in [-0.25, -0.2) is 0 Å². The first kappa shape index (κ1) is 11.0.